The molecular formula is C11H12Cl2O2. The molecule has 82 valence electrons. The summed E-state index contributed by atoms with van der Waals surface area (Å²) in [4.78, 5) is 0. The monoisotopic (exact) mass is 246 g/mol. The van der Waals surface area contributed by atoms with Crippen molar-refractivity contribution < 1.29 is 9.47 Å². The van der Waals surface area contributed by atoms with Crippen LogP contribution in [0.4, 0.5) is 0 Å². The maximum Gasteiger partial charge on any atom is 0.179 e. The zero-order chi connectivity index (χ0) is 11.3. The predicted octanol–water partition coefficient (Wildman–Crippen LogP) is 3.61. The van der Waals surface area contributed by atoms with E-state index in [4.69, 9.17) is 32.7 Å². The molecule has 0 heterocycles. The van der Waals surface area contributed by atoms with Crippen LogP contribution in [0, 0.1) is 0 Å². The Hall–Kier alpha value is -0.860. The fourth-order valence-corrected chi connectivity index (χ4v) is 1.59. The van der Waals surface area contributed by atoms with Gasteiger partial charge < -0.3 is 9.47 Å². The molecule has 0 unspecified atom stereocenters. The van der Waals surface area contributed by atoms with Gasteiger partial charge in [0.2, 0.25) is 0 Å². The minimum Gasteiger partial charge on any atom is -0.493 e. The summed E-state index contributed by atoms with van der Waals surface area (Å²) in [6, 6.07) is 3.66. The highest BCUT2D eigenvalue weighted by Crippen LogP contribution is 2.37. The molecule has 0 N–H and O–H groups in total. The van der Waals surface area contributed by atoms with Crippen LogP contribution in [-0.4, -0.2) is 20.1 Å². The minimum atomic E-state index is 0.449. The Kier molecular flexibility index (Phi) is 4.79. The van der Waals surface area contributed by atoms with Crippen molar-refractivity contribution in [3.63, 3.8) is 0 Å². The molecule has 0 atom stereocenters. The second kappa shape index (κ2) is 5.89. The van der Waals surface area contributed by atoms with E-state index in [1.54, 1.807) is 20.3 Å². The van der Waals surface area contributed by atoms with E-state index in [1.165, 1.54) is 0 Å². The summed E-state index contributed by atoms with van der Waals surface area (Å²) in [7, 11) is 3.13. The van der Waals surface area contributed by atoms with Crippen molar-refractivity contribution in [3.05, 3.63) is 28.8 Å². The van der Waals surface area contributed by atoms with Crippen LogP contribution in [0.2, 0.25) is 5.02 Å². The van der Waals surface area contributed by atoms with Gasteiger partial charge in [0, 0.05) is 5.88 Å². The molecule has 1 aromatic carbocycles. The zero-order valence-electron chi connectivity index (χ0n) is 8.59. The van der Waals surface area contributed by atoms with Crippen molar-refractivity contribution in [2.24, 2.45) is 0 Å². The van der Waals surface area contributed by atoms with Crippen LogP contribution in [0.3, 0.4) is 0 Å². The van der Waals surface area contributed by atoms with Gasteiger partial charge in [0.05, 0.1) is 19.2 Å². The molecule has 0 aliphatic heterocycles. The first-order valence-electron chi connectivity index (χ1n) is 4.37. The number of methoxy groups -OCH3 is 2. The number of benzene rings is 1. The molecule has 0 saturated heterocycles. The molecule has 2 nitrogen and oxygen atoms in total. The number of hydrogen-bond donors (Lipinski definition) is 0. The molecule has 0 saturated carbocycles. The van der Waals surface area contributed by atoms with Crippen molar-refractivity contribution in [2.45, 2.75) is 0 Å². The topological polar surface area (TPSA) is 18.5 Å². The quantitative estimate of drug-likeness (QED) is 0.756. The fraction of sp³-hybridized carbons (Fsp3) is 0.273. The van der Waals surface area contributed by atoms with Gasteiger partial charge in [-0.1, -0.05) is 23.8 Å². The zero-order valence-corrected chi connectivity index (χ0v) is 10.1. The highest BCUT2D eigenvalue weighted by atomic mass is 35.5. The van der Waals surface area contributed by atoms with E-state index in [1.807, 2.05) is 18.2 Å². The standard InChI is InChI=1S/C11H12Cl2O2/c1-14-9-6-5-8(4-3-7-12)10(13)11(9)15-2/h3-6H,7H2,1-2H3. The molecule has 0 aromatic heterocycles. The summed E-state index contributed by atoms with van der Waals surface area (Å²) in [5, 5.41) is 0.526. The lowest BCUT2D eigenvalue weighted by atomic mass is 10.2. The first kappa shape index (κ1) is 12.2. The number of alkyl halides is 1. The van der Waals surface area contributed by atoms with Crippen molar-refractivity contribution in [2.75, 3.05) is 20.1 Å². The summed E-state index contributed by atoms with van der Waals surface area (Å²) in [5.41, 5.74) is 0.856. The van der Waals surface area contributed by atoms with Crippen molar-refractivity contribution in [1.29, 1.82) is 0 Å². The summed E-state index contributed by atoms with van der Waals surface area (Å²) in [5.74, 6) is 1.60. The summed E-state index contributed by atoms with van der Waals surface area (Å²) >= 11 is 11.7. The van der Waals surface area contributed by atoms with Gasteiger partial charge in [-0.2, -0.15) is 0 Å². The van der Waals surface area contributed by atoms with Crippen LogP contribution in [-0.2, 0) is 0 Å². The lowest BCUT2D eigenvalue weighted by Gasteiger charge is -2.10. The predicted molar refractivity (Wildman–Crippen MR) is 64.3 cm³/mol. The highest BCUT2D eigenvalue weighted by Gasteiger charge is 2.10. The molecule has 0 aliphatic rings. The molecular weight excluding hydrogens is 235 g/mol. The second-order valence-electron chi connectivity index (χ2n) is 2.76. The Morgan fingerprint density at radius 1 is 1.27 bits per heavy atom. The van der Waals surface area contributed by atoms with Gasteiger partial charge in [0.25, 0.3) is 0 Å². The Labute approximate surface area is 99.4 Å². The van der Waals surface area contributed by atoms with Crippen LogP contribution in [0.15, 0.2) is 18.2 Å². The molecule has 15 heavy (non-hydrogen) atoms. The third-order valence-corrected chi connectivity index (χ3v) is 2.47. The summed E-state index contributed by atoms with van der Waals surface area (Å²) in [6.45, 7) is 0. The van der Waals surface area contributed by atoms with Gasteiger partial charge in [-0.3, -0.25) is 0 Å². The smallest absolute Gasteiger partial charge is 0.179 e. The van der Waals surface area contributed by atoms with Crippen molar-refractivity contribution in [3.8, 4) is 11.5 Å². The molecule has 1 rings (SSSR count). The van der Waals surface area contributed by atoms with Crippen LogP contribution in [0.25, 0.3) is 6.08 Å². The summed E-state index contributed by atoms with van der Waals surface area (Å²) in [6.07, 6.45) is 3.66. The number of hydrogen-bond acceptors (Lipinski definition) is 2. The molecule has 1 aromatic rings. The van der Waals surface area contributed by atoms with Gasteiger partial charge >= 0.3 is 0 Å². The van der Waals surface area contributed by atoms with Crippen LogP contribution >= 0.6 is 23.2 Å². The average molecular weight is 247 g/mol. The van der Waals surface area contributed by atoms with E-state index in [9.17, 15) is 0 Å². The Morgan fingerprint density at radius 2 is 2.00 bits per heavy atom. The highest BCUT2D eigenvalue weighted by molar-refractivity contribution is 6.33. The van der Waals surface area contributed by atoms with E-state index in [2.05, 4.69) is 0 Å². The van der Waals surface area contributed by atoms with Gasteiger partial charge in [0.1, 0.15) is 0 Å². The van der Waals surface area contributed by atoms with E-state index in [0.29, 0.717) is 22.4 Å². The summed E-state index contributed by atoms with van der Waals surface area (Å²) < 4.78 is 10.3. The van der Waals surface area contributed by atoms with Crippen LogP contribution < -0.4 is 9.47 Å². The van der Waals surface area contributed by atoms with Gasteiger partial charge in [-0.25, -0.2) is 0 Å². The van der Waals surface area contributed by atoms with E-state index in [0.717, 1.165) is 5.56 Å². The molecule has 0 aliphatic carbocycles. The lowest BCUT2D eigenvalue weighted by molar-refractivity contribution is 0.355. The first-order chi connectivity index (χ1) is 7.24. The molecule has 0 radical (unpaired) electrons. The van der Waals surface area contributed by atoms with Gasteiger partial charge in [-0.05, 0) is 17.7 Å². The van der Waals surface area contributed by atoms with E-state index >= 15 is 0 Å². The molecule has 0 fully saturated rings. The largest absolute Gasteiger partial charge is 0.493 e. The number of halogens is 2. The number of rotatable bonds is 4. The molecule has 0 amide bonds. The average Bonchev–Trinajstić information content (AvgIpc) is 2.27. The van der Waals surface area contributed by atoms with Crippen LogP contribution in [0.1, 0.15) is 5.56 Å². The van der Waals surface area contributed by atoms with Gasteiger partial charge in [-0.15, -0.1) is 11.6 Å². The number of ether oxygens (including phenoxy) is 2. The van der Waals surface area contributed by atoms with E-state index < -0.39 is 0 Å². The Bertz CT molecular complexity index is 362. The Morgan fingerprint density at radius 3 is 2.53 bits per heavy atom. The fourth-order valence-electron chi connectivity index (χ4n) is 1.20. The first-order valence-corrected chi connectivity index (χ1v) is 5.28. The lowest BCUT2D eigenvalue weighted by Crippen LogP contribution is -1.92. The maximum atomic E-state index is 6.13. The molecule has 0 bridgehead atoms. The Balaban J connectivity index is 3.17. The third-order valence-electron chi connectivity index (χ3n) is 1.90. The third kappa shape index (κ3) is 2.80. The SMILES string of the molecule is COc1ccc(C=CCCl)c(Cl)c1OC. The normalized spacial score (nSPS) is 10.7. The van der Waals surface area contributed by atoms with Crippen molar-refractivity contribution >= 4 is 29.3 Å². The van der Waals surface area contributed by atoms with Crippen LogP contribution in [0.5, 0.6) is 11.5 Å². The molecule has 4 heteroatoms. The minimum absolute atomic E-state index is 0.449. The maximum absolute atomic E-state index is 6.13. The van der Waals surface area contributed by atoms with E-state index in [-0.39, 0.29) is 0 Å². The number of allylic oxidation sites excluding steroid dienone is 1. The second-order valence-corrected chi connectivity index (χ2v) is 3.45. The van der Waals surface area contributed by atoms with Crippen molar-refractivity contribution in [1.82, 2.24) is 0 Å². The van der Waals surface area contributed by atoms with Gasteiger partial charge in [0.15, 0.2) is 11.5 Å². The molecule has 0 spiro atoms.